The number of rotatable bonds is 1. The molecule has 0 radical (unpaired) electrons. The standard InChI is InChI=1S/C13H12FN3S/c1-17-9-3-2-4-12(17)16-13(18)15-11-7-5-10(14)6-8-11/h2-9H,1H3,(H,15,18). The molecule has 1 heterocycles. The molecule has 0 atom stereocenters. The predicted molar refractivity (Wildman–Crippen MR) is 73.6 cm³/mol. The second-order valence-corrected chi connectivity index (χ2v) is 4.11. The molecule has 0 aliphatic heterocycles. The minimum absolute atomic E-state index is 0.280. The number of benzene rings is 1. The van der Waals surface area contributed by atoms with Gasteiger partial charge in [-0.2, -0.15) is 0 Å². The number of pyridine rings is 1. The monoisotopic (exact) mass is 261 g/mol. The summed E-state index contributed by atoms with van der Waals surface area (Å²) in [7, 11) is 1.89. The number of hydrogen-bond donors (Lipinski definition) is 1. The Labute approximate surface area is 110 Å². The van der Waals surface area contributed by atoms with Gasteiger partial charge in [0.2, 0.25) is 0 Å². The molecule has 18 heavy (non-hydrogen) atoms. The highest BCUT2D eigenvalue weighted by Crippen LogP contribution is 2.08. The minimum Gasteiger partial charge on any atom is -0.336 e. The Morgan fingerprint density at radius 2 is 1.94 bits per heavy atom. The Balaban J connectivity index is 2.17. The molecule has 92 valence electrons. The quantitative estimate of drug-likeness (QED) is 0.799. The third-order valence-electron chi connectivity index (χ3n) is 2.34. The molecule has 0 aliphatic carbocycles. The van der Waals surface area contributed by atoms with Crippen molar-refractivity contribution in [1.82, 2.24) is 4.57 Å². The van der Waals surface area contributed by atoms with Crippen LogP contribution in [-0.4, -0.2) is 9.68 Å². The fourth-order valence-electron chi connectivity index (χ4n) is 1.42. The van der Waals surface area contributed by atoms with Crippen LogP contribution in [0.5, 0.6) is 0 Å². The van der Waals surface area contributed by atoms with Crippen molar-refractivity contribution in [3.63, 3.8) is 0 Å². The summed E-state index contributed by atoms with van der Waals surface area (Å²) >= 11 is 5.13. The van der Waals surface area contributed by atoms with Crippen molar-refractivity contribution < 1.29 is 4.39 Å². The third-order valence-corrected chi connectivity index (χ3v) is 2.53. The molecule has 0 saturated heterocycles. The van der Waals surface area contributed by atoms with Gasteiger partial charge in [-0.1, -0.05) is 6.07 Å². The Morgan fingerprint density at radius 1 is 1.22 bits per heavy atom. The molecule has 1 aromatic carbocycles. The van der Waals surface area contributed by atoms with Crippen LogP contribution in [0.15, 0.2) is 53.7 Å². The van der Waals surface area contributed by atoms with Crippen LogP contribution < -0.4 is 10.8 Å². The van der Waals surface area contributed by atoms with E-state index in [0.717, 1.165) is 5.49 Å². The molecule has 1 N–H and O–H groups in total. The maximum atomic E-state index is 12.7. The van der Waals surface area contributed by atoms with Crippen LogP contribution in [0, 0.1) is 5.82 Å². The normalized spacial score (nSPS) is 11.3. The van der Waals surface area contributed by atoms with E-state index in [1.165, 1.54) is 12.1 Å². The lowest BCUT2D eigenvalue weighted by Crippen LogP contribution is -2.20. The highest BCUT2D eigenvalue weighted by Gasteiger charge is 1.96. The van der Waals surface area contributed by atoms with Crippen LogP contribution in [0.2, 0.25) is 0 Å². The Kier molecular flexibility index (Phi) is 3.84. The molecule has 3 nitrogen and oxygen atoms in total. The number of halogens is 1. The van der Waals surface area contributed by atoms with Crippen LogP contribution in [0.3, 0.4) is 0 Å². The molecule has 0 amide bonds. The minimum atomic E-state index is -0.280. The molecule has 0 aliphatic rings. The Hall–Kier alpha value is -2.01. The second-order valence-electron chi connectivity index (χ2n) is 3.72. The number of hydrogen-bond acceptors (Lipinski definition) is 1. The first-order chi connectivity index (χ1) is 8.65. The largest absolute Gasteiger partial charge is 0.336 e. The number of thiocarbonyl (C=S) groups is 1. The van der Waals surface area contributed by atoms with Gasteiger partial charge in [0.25, 0.3) is 0 Å². The lowest BCUT2D eigenvalue weighted by atomic mass is 10.3. The summed E-state index contributed by atoms with van der Waals surface area (Å²) < 4.78 is 14.6. The summed E-state index contributed by atoms with van der Waals surface area (Å²) in [6, 6.07) is 11.6. The summed E-state index contributed by atoms with van der Waals surface area (Å²) in [5.74, 6) is -0.280. The molecule has 2 aromatic rings. The van der Waals surface area contributed by atoms with Crippen LogP contribution in [-0.2, 0) is 7.05 Å². The average Bonchev–Trinajstić information content (AvgIpc) is 2.35. The van der Waals surface area contributed by atoms with Crippen molar-refractivity contribution >= 4 is 23.0 Å². The first-order valence-electron chi connectivity index (χ1n) is 5.38. The van der Waals surface area contributed by atoms with Crippen molar-refractivity contribution in [1.29, 1.82) is 0 Å². The van der Waals surface area contributed by atoms with Crippen LogP contribution in [0.4, 0.5) is 10.1 Å². The summed E-state index contributed by atoms with van der Waals surface area (Å²) in [6.45, 7) is 0. The Morgan fingerprint density at radius 3 is 2.61 bits per heavy atom. The van der Waals surface area contributed by atoms with Gasteiger partial charge in [-0.3, -0.25) is 0 Å². The number of anilines is 1. The van der Waals surface area contributed by atoms with E-state index in [1.807, 2.05) is 36.0 Å². The molecule has 0 fully saturated rings. The van der Waals surface area contributed by atoms with Crippen LogP contribution in [0.25, 0.3) is 0 Å². The van der Waals surface area contributed by atoms with E-state index in [2.05, 4.69) is 10.3 Å². The fraction of sp³-hybridized carbons (Fsp3) is 0.0769. The van der Waals surface area contributed by atoms with E-state index in [1.54, 1.807) is 12.1 Å². The number of aryl methyl sites for hydroxylation is 1. The van der Waals surface area contributed by atoms with Gasteiger partial charge in [0.05, 0.1) is 0 Å². The van der Waals surface area contributed by atoms with E-state index in [4.69, 9.17) is 12.2 Å². The van der Waals surface area contributed by atoms with Gasteiger partial charge < -0.3 is 9.88 Å². The maximum absolute atomic E-state index is 12.7. The van der Waals surface area contributed by atoms with Crippen molar-refractivity contribution in [2.45, 2.75) is 0 Å². The van der Waals surface area contributed by atoms with E-state index < -0.39 is 0 Å². The van der Waals surface area contributed by atoms with E-state index in [9.17, 15) is 4.39 Å². The smallest absolute Gasteiger partial charge is 0.199 e. The van der Waals surface area contributed by atoms with Gasteiger partial charge in [0.15, 0.2) is 5.11 Å². The highest BCUT2D eigenvalue weighted by atomic mass is 32.1. The van der Waals surface area contributed by atoms with Gasteiger partial charge in [-0.25, -0.2) is 9.38 Å². The van der Waals surface area contributed by atoms with Gasteiger partial charge in [0.1, 0.15) is 11.3 Å². The summed E-state index contributed by atoms with van der Waals surface area (Å²) in [5.41, 5.74) is 1.46. The zero-order chi connectivity index (χ0) is 13.0. The van der Waals surface area contributed by atoms with Gasteiger partial charge in [-0.15, -0.1) is 0 Å². The summed E-state index contributed by atoms with van der Waals surface area (Å²) in [4.78, 5) is 4.27. The maximum Gasteiger partial charge on any atom is 0.199 e. The SMILES string of the molecule is Cn1ccccc1=NC(=S)Nc1ccc(F)cc1. The van der Waals surface area contributed by atoms with Crippen molar-refractivity contribution in [3.8, 4) is 0 Å². The molecular weight excluding hydrogens is 249 g/mol. The Bertz CT molecular complexity index is 617. The molecule has 1 aromatic heterocycles. The van der Waals surface area contributed by atoms with Gasteiger partial charge >= 0.3 is 0 Å². The first kappa shape index (κ1) is 12.4. The molecule has 0 spiro atoms. The highest BCUT2D eigenvalue weighted by molar-refractivity contribution is 7.80. The first-order valence-corrected chi connectivity index (χ1v) is 5.79. The number of nitrogens with one attached hydrogen (secondary N) is 1. The molecule has 0 bridgehead atoms. The lowest BCUT2D eigenvalue weighted by molar-refractivity contribution is 0.628. The topological polar surface area (TPSA) is 29.3 Å². The summed E-state index contributed by atoms with van der Waals surface area (Å²) in [5, 5.41) is 3.27. The molecule has 2 rings (SSSR count). The van der Waals surface area contributed by atoms with Crippen LogP contribution in [0.1, 0.15) is 0 Å². The fourth-order valence-corrected chi connectivity index (χ4v) is 1.63. The second kappa shape index (κ2) is 5.55. The van der Waals surface area contributed by atoms with Crippen molar-refractivity contribution in [3.05, 3.63) is 60.0 Å². The average molecular weight is 261 g/mol. The predicted octanol–water partition coefficient (Wildman–Crippen LogP) is 2.46. The van der Waals surface area contributed by atoms with E-state index in [0.29, 0.717) is 10.8 Å². The molecule has 0 saturated carbocycles. The van der Waals surface area contributed by atoms with Gasteiger partial charge in [-0.05, 0) is 48.6 Å². The van der Waals surface area contributed by atoms with E-state index >= 15 is 0 Å². The van der Waals surface area contributed by atoms with E-state index in [-0.39, 0.29) is 5.82 Å². The van der Waals surface area contributed by atoms with Gasteiger partial charge in [0, 0.05) is 18.9 Å². The molecule has 5 heteroatoms. The van der Waals surface area contributed by atoms with Crippen LogP contribution >= 0.6 is 12.2 Å². The zero-order valence-electron chi connectivity index (χ0n) is 9.80. The number of nitrogens with zero attached hydrogens (tertiary/aromatic N) is 2. The van der Waals surface area contributed by atoms with Crippen molar-refractivity contribution in [2.75, 3.05) is 5.32 Å². The zero-order valence-corrected chi connectivity index (χ0v) is 10.6. The summed E-state index contributed by atoms with van der Waals surface area (Å²) in [6.07, 6.45) is 1.89. The molecular formula is C13H12FN3S. The lowest BCUT2D eigenvalue weighted by Gasteiger charge is -2.04. The number of aromatic nitrogens is 1. The molecule has 0 unspecified atom stereocenters. The third kappa shape index (κ3) is 3.24. The van der Waals surface area contributed by atoms with Crippen molar-refractivity contribution in [2.24, 2.45) is 12.0 Å².